The molecule has 71 heavy (non-hydrogen) atoms. The molecule has 0 bridgehead atoms. The minimum Gasteiger partial charge on any atom is -0.311 e. The second-order valence-electron chi connectivity index (χ2n) is 21.6. The number of para-hydroxylation sites is 4. The van der Waals surface area contributed by atoms with Gasteiger partial charge in [-0.25, -0.2) is 0 Å². The van der Waals surface area contributed by atoms with Crippen molar-refractivity contribution in [3.05, 3.63) is 230 Å². The highest BCUT2D eigenvalue weighted by molar-refractivity contribution is 7.03. The number of benzene rings is 11. The van der Waals surface area contributed by atoms with Crippen LogP contribution in [0.1, 0.15) is 25.0 Å². The van der Waals surface area contributed by atoms with Crippen molar-refractivity contribution in [2.24, 2.45) is 0 Å². The van der Waals surface area contributed by atoms with E-state index in [1.165, 1.54) is 132 Å². The van der Waals surface area contributed by atoms with E-state index in [0.717, 1.165) is 0 Å². The zero-order valence-electron chi connectivity index (χ0n) is 41.2. The zero-order chi connectivity index (χ0) is 48.0. The van der Waals surface area contributed by atoms with Crippen LogP contribution in [0.3, 0.4) is 0 Å². The van der Waals surface area contributed by atoms with Gasteiger partial charge in [-0.3, -0.25) is 0 Å². The molecule has 0 aromatic heterocycles. The van der Waals surface area contributed by atoms with Crippen LogP contribution in [-0.4, -0.2) is 16.1 Å². The van der Waals surface area contributed by atoms with E-state index >= 15 is 0 Å². The molecule has 0 fully saturated rings. The Bertz CT molecular complexity index is 3960. The third-order valence-corrected chi connectivity index (χ3v) is 23.9. The van der Waals surface area contributed by atoms with Crippen molar-refractivity contribution in [3.8, 4) is 33.4 Å². The smallest absolute Gasteiger partial charge is 0.117 e. The van der Waals surface area contributed by atoms with Crippen molar-refractivity contribution in [2.75, 3.05) is 9.80 Å². The van der Waals surface area contributed by atoms with E-state index in [0.29, 0.717) is 0 Å². The average Bonchev–Trinajstić information content (AvgIpc) is 3.64. The van der Waals surface area contributed by atoms with Crippen LogP contribution in [0.5, 0.6) is 0 Å². The quantitative estimate of drug-likeness (QED) is 0.128. The zero-order valence-corrected chi connectivity index (χ0v) is 43.2. The van der Waals surface area contributed by atoms with Crippen LogP contribution in [0.15, 0.2) is 218 Å². The number of fused-ring (bicyclic) bond motifs is 10. The molecule has 2 aliphatic heterocycles. The normalized spacial score (nSPS) is 15.5. The van der Waals surface area contributed by atoms with E-state index in [1.54, 1.807) is 0 Å². The Morgan fingerprint density at radius 1 is 0.324 bits per heavy atom. The Balaban J connectivity index is 1.14. The van der Waals surface area contributed by atoms with Gasteiger partial charge in [0.25, 0.3) is 0 Å². The highest BCUT2D eigenvalue weighted by Crippen LogP contribution is 2.56. The molecular weight excluding hydrogens is 889 g/mol. The lowest BCUT2D eigenvalue weighted by molar-refractivity contribution is 0.662. The second-order valence-corrected chi connectivity index (χ2v) is 30.3. The summed E-state index contributed by atoms with van der Waals surface area (Å²) in [7, 11) is -4.02. The molecule has 11 aromatic rings. The van der Waals surface area contributed by atoms with Gasteiger partial charge in [-0.1, -0.05) is 210 Å². The van der Waals surface area contributed by atoms with Crippen molar-refractivity contribution in [3.63, 3.8) is 0 Å². The molecule has 0 atom stereocenters. The van der Waals surface area contributed by atoms with Gasteiger partial charge in [0.1, 0.15) is 16.1 Å². The number of anilines is 6. The van der Waals surface area contributed by atoms with Gasteiger partial charge in [0.05, 0.1) is 0 Å². The molecule has 4 heteroatoms. The highest BCUT2D eigenvalue weighted by Gasteiger charge is 2.41. The van der Waals surface area contributed by atoms with Crippen molar-refractivity contribution in [2.45, 2.75) is 45.5 Å². The van der Waals surface area contributed by atoms with E-state index < -0.39 is 16.1 Å². The molecule has 0 unspecified atom stereocenters. The van der Waals surface area contributed by atoms with Gasteiger partial charge in [0, 0.05) is 39.5 Å². The molecule has 2 nitrogen and oxygen atoms in total. The first kappa shape index (κ1) is 42.1. The fourth-order valence-electron chi connectivity index (χ4n) is 13.5. The molecule has 0 radical (unpaired) electrons. The van der Waals surface area contributed by atoms with Crippen LogP contribution in [0, 0.1) is 0 Å². The predicted octanol–water partition coefficient (Wildman–Crippen LogP) is 16.0. The minimum absolute atomic E-state index is 0.230. The summed E-state index contributed by atoms with van der Waals surface area (Å²) in [5.41, 5.74) is 17.8. The number of rotatable bonds is 4. The second kappa shape index (κ2) is 15.1. The van der Waals surface area contributed by atoms with Gasteiger partial charge in [-0.05, 0) is 146 Å². The van der Waals surface area contributed by atoms with Crippen molar-refractivity contribution < 1.29 is 0 Å². The Hall–Kier alpha value is -7.77. The molecule has 0 saturated carbocycles. The van der Waals surface area contributed by atoms with Gasteiger partial charge in [-0.2, -0.15) is 0 Å². The first-order valence-corrected chi connectivity index (χ1v) is 31.3. The highest BCUT2D eigenvalue weighted by atomic mass is 28.3. The van der Waals surface area contributed by atoms with Crippen LogP contribution >= 0.6 is 0 Å². The van der Waals surface area contributed by atoms with Crippen LogP contribution in [0.2, 0.25) is 26.2 Å². The molecule has 0 saturated heterocycles. The van der Waals surface area contributed by atoms with E-state index in [9.17, 15) is 0 Å². The predicted molar refractivity (Wildman–Crippen MR) is 310 cm³/mol. The molecule has 1 aliphatic carbocycles. The van der Waals surface area contributed by atoms with Crippen LogP contribution in [-0.2, 0) is 5.41 Å². The summed E-state index contributed by atoms with van der Waals surface area (Å²) >= 11 is 0. The van der Waals surface area contributed by atoms with E-state index in [-0.39, 0.29) is 5.41 Å². The molecule has 3 aliphatic rings. The Labute approximate surface area is 419 Å². The largest absolute Gasteiger partial charge is 0.311 e. The van der Waals surface area contributed by atoms with Gasteiger partial charge in [0.2, 0.25) is 0 Å². The lowest BCUT2D eigenvalue weighted by atomic mass is 9.76. The number of hydrogen-bond donors (Lipinski definition) is 0. The molecule has 0 spiro atoms. The van der Waals surface area contributed by atoms with Gasteiger partial charge in [0.15, 0.2) is 0 Å². The summed E-state index contributed by atoms with van der Waals surface area (Å²) < 4.78 is 0. The molecule has 340 valence electrons. The van der Waals surface area contributed by atoms with Crippen molar-refractivity contribution >= 4 is 103 Å². The molecular formula is C67H54N2Si2. The minimum atomic E-state index is -2.01. The third kappa shape index (κ3) is 5.86. The first-order valence-electron chi connectivity index (χ1n) is 25.3. The summed E-state index contributed by atoms with van der Waals surface area (Å²) in [6, 6.07) is 83.5. The van der Waals surface area contributed by atoms with E-state index in [2.05, 4.69) is 268 Å². The summed E-state index contributed by atoms with van der Waals surface area (Å²) in [6.07, 6.45) is 0. The summed E-state index contributed by atoms with van der Waals surface area (Å²) in [6.45, 7) is 14.9. The van der Waals surface area contributed by atoms with Crippen molar-refractivity contribution in [1.29, 1.82) is 0 Å². The monoisotopic (exact) mass is 942 g/mol. The number of nitrogens with zero attached hydrogens (tertiary/aromatic N) is 2. The van der Waals surface area contributed by atoms with E-state index in [1.807, 2.05) is 0 Å². The van der Waals surface area contributed by atoms with Crippen molar-refractivity contribution in [1.82, 2.24) is 0 Å². The molecule has 2 heterocycles. The molecule has 14 rings (SSSR count). The van der Waals surface area contributed by atoms with Gasteiger partial charge < -0.3 is 9.80 Å². The fraction of sp³-hybridized carbons (Fsp3) is 0.104. The van der Waals surface area contributed by atoms with Crippen LogP contribution in [0.25, 0.3) is 65.7 Å². The standard InChI is InChI=1S/C67H54N2Si2/c1-67(2)55-28-10-9-24-47(55)51-26-20-27-52(66(51)67)65-50-40-38-44(68-56-29-11-15-33-60(56)70(3,4)61-34-16-12-30-57(61)68)41-53(50)64(48-25-19-22-43-21-7-8-23-46(43)48)49-39-37-45(42-54(49)65)69-58-31-13-17-35-62(58)71(5,6)63-36-18-14-32-59(63)69/h7-42H,1-6H3. The maximum Gasteiger partial charge on any atom is 0.117 e. The summed E-state index contributed by atoms with van der Waals surface area (Å²) in [4.78, 5) is 5.11. The maximum absolute atomic E-state index is 2.56. The lowest BCUT2D eigenvalue weighted by Gasteiger charge is -2.41. The fourth-order valence-corrected chi connectivity index (χ4v) is 19.4. The molecule has 11 aromatic carbocycles. The lowest BCUT2D eigenvalue weighted by Crippen LogP contribution is -2.58. The summed E-state index contributed by atoms with van der Waals surface area (Å²) in [5.74, 6) is 0. The van der Waals surface area contributed by atoms with E-state index in [4.69, 9.17) is 0 Å². The summed E-state index contributed by atoms with van der Waals surface area (Å²) in [5, 5.41) is 13.4. The first-order chi connectivity index (χ1) is 34.5. The maximum atomic E-state index is 2.56. The molecule has 0 amide bonds. The van der Waals surface area contributed by atoms with Crippen LogP contribution < -0.4 is 30.5 Å². The van der Waals surface area contributed by atoms with Gasteiger partial charge in [-0.15, -0.1) is 0 Å². The topological polar surface area (TPSA) is 6.48 Å². The van der Waals surface area contributed by atoms with Gasteiger partial charge >= 0.3 is 0 Å². The Kier molecular flexibility index (Phi) is 8.97. The third-order valence-electron chi connectivity index (χ3n) is 16.8. The SMILES string of the molecule is CC1(C)c2ccccc2-c2cccc(-c3c4cc(N5c6ccccc6[Si](C)(C)c6ccccc65)ccc4c(-c4cccc5ccccc45)c4cc(N5c6ccccc6[Si](C)(C)c6ccccc65)ccc34)c21. The molecule has 0 N–H and O–H groups in total. The van der Waals surface area contributed by atoms with Crippen LogP contribution in [0.4, 0.5) is 34.1 Å². The Morgan fingerprint density at radius 2 is 0.718 bits per heavy atom. The number of hydrogen-bond acceptors (Lipinski definition) is 2. The Morgan fingerprint density at radius 3 is 1.27 bits per heavy atom. The average molecular weight is 943 g/mol.